The van der Waals surface area contributed by atoms with Gasteiger partial charge in [-0.2, -0.15) is 0 Å². The molecule has 0 spiro atoms. The van der Waals surface area contributed by atoms with Crippen LogP contribution in [0, 0.1) is 6.92 Å². The number of benzene rings is 2. The zero-order valence-electron chi connectivity index (χ0n) is 10.6. The summed E-state index contributed by atoms with van der Waals surface area (Å²) in [5.41, 5.74) is 10.0. The third kappa shape index (κ3) is 2.34. The monoisotopic (exact) mass is 331 g/mol. The molecule has 19 heavy (non-hydrogen) atoms. The van der Waals surface area contributed by atoms with Crippen LogP contribution in [0.2, 0.25) is 0 Å². The molecule has 0 fully saturated rings. The van der Waals surface area contributed by atoms with Crippen molar-refractivity contribution >= 4 is 37.4 Å². The zero-order chi connectivity index (χ0) is 13.4. The lowest BCUT2D eigenvalue weighted by molar-refractivity contribution is 0.880. The van der Waals surface area contributed by atoms with E-state index in [1.54, 1.807) is 11.3 Å². The van der Waals surface area contributed by atoms with Gasteiger partial charge < -0.3 is 5.73 Å². The number of halogens is 1. The Bertz CT molecular complexity index is 732. The lowest BCUT2D eigenvalue weighted by Gasteiger charge is -2.15. The molecule has 1 heterocycles. The Kier molecular flexibility index (Phi) is 3.44. The Morgan fingerprint density at radius 3 is 2.79 bits per heavy atom. The van der Waals surface area contributed by atoms with Gasteiger partial charge in [-0.3, -0.25) is 0 Å². The first-order valence-electron chi connectivity index (χ1n) is 6.14. The molecular weight excluding hydrogens is 318 g/mol. The Balaban J connectivity index is 2.10. The number of rotatable bonds is 2. The minimum absolute atomic E-state index is 0.0749. The average Bonchev–Trinajstić information content (AvgIpc) is 2.89. The van der Waals surface area contributed by atoms with E-state index >= 15 is 0 Å². The first-order chi connectivity index (χ1) is 9.16. The molecule has 0 bridgehead atoms. The van der Waals surface area contributed by atoms with Crippen molar-refractivity contribution in [2.75, 3.05) is 0 Å². The van der Waals surface area contributed by atoms with Gasteiger partial charge in [0.15, 0.2) is 0 Å². The van der Waals surface area contributed by atoms with Crippen LogP contribution in [0.4, 0.5) is 0 Å². The molecule has 0 amide bonds. The molecule has 0 radical (unpaired) electrons. The van der Waals surface area contributed by atoms with Crippen molar-refractivity contribution < 1.29 is 0 Å². The minimum atomic E-state index is -0.0749. The van der Waals surface area contributed by atoms with Crippen LogP contribution in [-0.4, -0.2) is 0 Å². The summed E-state index contributed by atoms with van der Waals surface area (Å²) in [5.74, 6) is 0. The number of nitrogens with two attached hydrogens (primary N) is 1. The van der Waals surface area contributed by atoms with Gasteiger partial charge in [-0.25, -0.2) is 0 Å². The SMILES string of the molecule is Cc1cc(C(N)c2cccc3ccsc23)ccc1Br. The fourth-order valence-electron chi connectivity index (χ4n) is 2.30. The van der Waals surface area contributed by atoms with Crippen molar-refractivity contribution in [1.29, 1.82) is 0 Å². The van der Waals surface area contributed by atoms with Gasteiger partial charge in [-0.15, -0.1) is 11.3 Å². The number of aryl methyl sites for hydroxylation is 1. The maximum absolute atomic E-state index is 6.45. The first-order valence-corrected chi connectivity index (χ1v) is 7.82. The van der Waals surface area contributed by atoms with Gasteiger partial charge in [0.05, 0.1) is 6.04 Å². The van der Waals surface area contributed by atoms with Gasteiger partial charge in [-0.1, -0.05) is 46.3 Å². The van der Waals surface area contributed by atoms with E-state index in [9.17, 15) is 0 Å². The minimum Gasteiger partial charge on any atom is -0.320 e. The van der Waals surface area contributed by atoms with Crippen LogP contribution in [-0.2, 0) is 0 Å². The topological polar surface area (TPSA) is 26.0 Å². The molecule has 3 aromatic rings. The fraction of sp³-hybridized carbons (Fsp3) is 0.125. The predicted octanol–water partition coefficient (Wildman–Crippen LogP) is 5.02. The van der Waals surface area contributed by atoms with E-state index in [0.29, 0.717) is 0 Å². The summed E-state index contributed by atoms with van der Waals surface area (Å²) in [6.45, 7) is 2.09. The van der Waals surface area contributed by atoms with Crippen LogP contribution in [0.25, 0.3) is 10.1 Å². The summed E-state index contributed by atoms with van der Waals surface area (Å²) >= 11 is 5.28. The van der Waals surface area contributed by atoms with E-state index in [0.717, 1.165) is 10.0 Å². The van der Waals surface area contributed by atoms with Crippen LogP contribution < -0.4 is 5.73 Å². The molecule has 0 saturated carbocycles. The number of thiophene rings is 1. The molecule has 0 aliphatic heterocycles. The third-order valence-corrected chi connectivity index (χ3v) is 5.25. The molecule has 1 atom stereocenters. The maximum Gasteiger partial charge on any atom is 0.0565 e. The summed E-state index contributed by atoms with van der Waals surface area (Å²) in [6, 6.07) is 14.7. The van der Waals surface area contributed by atoms with Crippen molar-refractivity contribution in [3.8, 4) is 0 Å². The molecule has 3 heteroatoms. The van der Waals surface area contributed by atoms with Crippen molar-refractivity contribution in [2.24, 2.45) is 5.73 Å². The fourth-order valence-corrected chi connectivity index (χ4v) is 3.50. The Morgan fingerprint density at radius 1 is 1.16 bits per heavy atom. The highest BCUT2D eigenvalue weighted by Crippen LogP contribution is 2.32. The first kappa shape index (κ1) is 12.9. The molecule has 1 aromatic heterocycles. The second-order valence-electron chi connectivity index (χ2n) is 4.67. The van der Waals surface area contributed by atoms with Crippen molar-refractivity contribution in [1.82, 2.24) is 0 Å². The second-order valence-corrected chi connectivity index (χ2v) is 6.44. The zero-order valence-corrected chi connectivity index (χ0v) is 13.0. The van der Waals surface area contributed by atoms with Gasteiger partial charge in [-0.05, 0) is 46.5 Å². The smallest absolute Gasteiger partial charge is 0.0565 e. The van der Waals surface area contributed by atoms with E-state index in [1.165, 1.54) is 21.2 Å². The normalized spacial score (nSPS) is 12.8. The summed E-state index contributed by atoms with van der Waals surface area (Å²) < 4.78 is 2.41. The molecule has 2 N–H and O–H groups in total. The standard InChI is InChI=1S/C16H14BrNS/c1-10-9-12(5-6-14(10)17)15(18)13-4-2-3-11-7-8-19-16(11)13/h2-9,15H,18H2,1H3. The predicted molar refractivity (Wildman–Crippen MR) is 86.7 cm³/mol. The number of hydrogen-bond acceptors (Lipinski definition) is 2. The molecule has 0 aliphatic rings. The summed E-state index contributed by atoms with van der Waals surface area (Å²) in [6.07, 6.45) is 0. The van der Waals surface area contributed by atoms with Crippen LogP contribution >= 0.6 is 27.3 Å². The third-order valence-electron chi connectivity index (χ3n) is 3.39. The van der Waals surface area contributed by atoms with E-state index < -0.39 is 0 Å². The van der Waals surface area contributed by atoms with Gasteiger partial charge in [0.25, 0.3) is 0 Å². The molecule has 0 saturated heterocycles. The van der Waals surface area contributed by atoms with Gasteiger partial charge in [0, 0.05) is 9.17 Å². The quantitative estimate of drug-likeness (QED) is 0.700. The summed E-state index contributed by atoms with van der Waals surface area (Å²) in [7, 11) is 0. The highest BCUT2D eigenvalue weighted by Gasteiger charge is 2.13. The van der Waals surface area contributed by atoms with Crippen molar-refractivity contribution in [3.63, 3.8) is 0 Å². The van der Waals surface area contributed by atoms with Crippen LogP contribution in [0.15, 0.2) is 52.3 Å². The molecule has 1 nitrogen and oxygen atoms in total. The molecule has 0 aliphatic carbocycles. The second kappa shape index (κ2) is 5.08. The van der Waals surface area contributed by atoms with Crippen molar-refractivity contribution in [3.05, 3.63) is 69.0 Å². The number of hydrogen-bond donors (Lipinski definition) is 1. The highest BCUT2D eigenvalue weighted by molar-refractivity contribution is 9.10. The van der Waals surface area contributed by atoms with Crippen LogP contribution in [0.1, 0.15) is 22.7 Å². The van der Waals surface area contributed by atoms with Crippen LogP contribution in [0.3, 0.4) is 0 Å². The highest BCUT2D eigenvalue weighted by atomic mass is 79.9. The Hall–Kier alpha value is -1.16. The lowest BCUT2D eigenvalue weighted by Crippen LogP contribution is -2.12. The molecule has 2 aromatic carbocycles. The van der Waals surface area contributed by atoms with Gasteiger partial charge >= 0.3 is 0 Å². The Labute approximate surface area is 125 Å². The van der Waals surface area contributed by atoms with E-state index in [4.69, 9.17) is 5.73 Å². The van der Waals surface area contributed by atoms with E-state index in [-0.39, 0.29) is 6.04 Å². The summed E-state index contributed by atoms with van der Waals surface area (Å²) in [4.78, 5) is 0. The largest absolute Gasteiger partial charge is 0.320 e. The average molecular weight is 332 g/mol. The van der Waals surface area contributed by atoms with Crippen molar-refractivity contribution in [2.45, 2.75) is 13.0 Å². The lowest BCUT2D eigenvalue weighted by atomic mass is 9.97. The van der Waals surface area contributed by atoms with Gasteiger partial charge in [0.2, 0.25) is 0 Å². The van der Waals surface area contributed by atoms with Gasteiger partial charge in [0.1, 0.15) is 0 Å². The Morgan fingerprint density at radius 2 is 2.00 bits per heavy atom. The summed E-state index contributed by atoms with van der Waals surface area (Å²) in [5, 5.41) is 3.39. The van der Waals surface area contributed by atoms with Crippen LogP contribution in [0.5, 0.6) is 0 Å². The van der Waals surface area contributed by atoms with E-state index in [2.05, 4.69) is 70.7 Å². The van der Waals surface area contributed by atoms with E-state index in [1.807, 2.05) is 0 Å². The molecule has 96 valence electrons. The maximum atomic E-state index is 6.45. The molecular formula is C16H14BrNS. The molecule has 1 unspecified atom stereocenters. The molecule has 3 rings (SSSR count). The number of fused-ring (bicyclic) bond motifs is 1.